The van der Waals surface area contributed by atoms with Crippen LogP contribution in [0.5, 0.6) is 0 Å². The van der Waals surface area contributed by atoms with Crippen LogP contribution in [0, 0.1) is 0 Å². The average molecular weight is 209 g/mol. The maximum atomic E-state index is 2.46. The zero-order chi connectivity index (χ0) is 10.8. The fourth-order valence-corrected chi connectivity index (χ4v) is 2.16. The van der Waals surface area contributed by atoms with Gasteiger partial charge in [0.15, 0.2) is 0 Å². The summed E-state index contributed by atoms with van der Waals surface area (Å²) >= 11 is 0. The molecule has 1 nitrogen and oxygen atoms in total. The van der Waals surface area contributed by atoms with Crippen LogP contribution in [0.2, 0.25) is 0 Å². The van der Waals surface area contributed by atoms with Gasteiger partial charge in [0.05, 0.1) is 0 Å². The predicted molar refractivity (Wildman–Crippen MR) is 67.9 cm³/mol. The summed E-state index contributed by atoms with van der Waals surface area (Å²) < 4.78 is 0. The first-order chi connectivity index (χ1) is 7.43. The number of allylic oxidation sites excluding steroid dienone is 1. The number of nitrogens with zero attached hydrogens (tertiary/aromatic N) is 1. The van der Waals surface area contributed by atoms with Gasteiger partial charge < -0.3 is 4.90 Å². The highest BCUT2D eigenvalue weighted by Gasteiger charge is 2.05. The Bertz CT molecular complexity index is 157. The average Bonchev–Trinajstić information content (AvgIpc) is 2.75. The maximum absolute atomic E-state index is 2.46. The number of rotatable bonds is 8. The lowest BCUT2D eigenvalue weighted by Gasteiger charge is -2.09. The van der Waals surface area contributed by atoms with E-state index < -0.39 is 0 Å². The smallest absolute Gasteiger partial charge is 0.0173 e. The molecule has 0 saturated carbocycles. The highest BCUT2D eigenvalue weighted by atomic mass is 15.1. The van der Waals surface area contributed by atoms with Crippen molar-refractivity contribution in [2.75, 3.05) is 13.1 Å². The van der Waals surface area contributed by atoms with Gasteiger partial charge >= 0.3 is 0 Å². The zero-order valence-electron chi connectivity index (χ0n) is 10.4. The molecule has 0 aromatic heterocycles. The minimum atomic E-state index is 1.28. The van der Waals surface area contributed by atoms with Crippen molar-refractivity contribution < 1.29 is 0 Å². The van der Waals surface area contributed by atoms with Crippen molar-refractivity contribution in [1.29, 1.82) is 0 Å². The quantitative estimate of drug-likeness (QED) is 0.537. The molecule has 1 rings (SSSR count). The molecular formula is C14H27N. The number of unbranched alkanes of at least 4 members (excludes halogenated alkanes) is 6. The molecule has 0 aliphatic carbocycles. The molecule has 1 heteroatoms. The molecule has 0 unspecified atom stereocenters. The molecular weight excluding hydrogens is 182 g/mol. The SMILES string of the molecule is CCCCCCCCC=CN1CCCC1. The Kier molecular flexibility index (Phi) is 7.41. The monoisotopic (exact) mass is 209 g/mol. The number of hydrogen-bond donors (Lipinski definition) is 0. The molecule has 1 heterocycles. The highest BCUT2D eigenvalue weighted by molar-refractivity contribution is 4.84. The molecule has 0 radical (unpaired) electrons. The van der Waals surface area contributed by atoms with E-state index in [-0.39, 0.29) is 0 Å². The summed E-state index contributed by atoms with van der Waals surface area (Å²) in [4.78, 5) is 2.46. The normalized spacial score (nSPS) is 16.7. The lowest BCUT2D eigenvalue weighted by Crippen LogP contribution is -2.09. The Morgan fingerprint density at radius 3 is 2.33 bits per heavy atom. The van der Waals surface area contributed by atoms with E-state index in [0.717, 1.165) is 0 Å². The van der Waals surface area contributed by atoms with Crippen LogP contribution in [0.15, 0.2) is 12.3 Å². The molecule has 0 atom stereocenters. The van der Waals surface area contributed by atoms with E-state index in [0.29, 0.717) is 0 Å². The van der Waals surface area contributed by atoms with Crippen molar-refractivity contribution in [1.82, 2.24) is 4.90 Å². The zero-order valence-corrected chi connectivity index (χ0v) is 10.4. The second-order valence-corrected chi connectivity index (χ2v) is 4.68. The van der Waals surface area contributed by atoms with Crippen molar-refractivity contribution in [2.24, 2.45) is 0 Å². The summed E-state index contributed by atoms with van der Waals surface area (Å²) in [6.07, 6.45) is 17.2. The molecule has 1 saturated heterocycles. The van der Waals surface area contributed by atoms with E-state index in [4.69, 9.17) is 0 Å². The van der Waals surface area contributed by atoms with Gasteiger partial charge in [-0.25, -0.2) is 0 Å². The first-order valence-electron chi connectivity index (χ1n) is 6.84. The Morgan fingerprint density at radius 2 is 1.60 bits per heavy atom. The lowest BCUT2D eigenvalue weighted by molar-refractivity contribution is 0.465. The van der Waals surface area contributed by atoms with Gasteiger partial charge in [-0.05, 0) is 31.9 Å². The van der Waals surface area contributed by atoms with Crippen LogP contribution in [-0.2, 0) is 0 Å². The Balaban J connectivity index is 1.83. The Labute approximate surface area is 95.5 Å². The third kappa shape index (κ3) is 6.59. The van der Waals surface area contributed by atoms with Crippen LogP contribution in [0.1, 0.15) is 64.7 Å². The van der Waals surface area contributed by atoms with Crippen LogP contribution >= 0.6 is 0 Å². The van der Waals surface area contributed by atoms with Gasteiger partial charge in [-0.1, -0.05) is 45.1 Å². The molecule has 88 valence electrons. The summed E-state index contributed by atoms with van der Waals surface area (Å²) in [7, 11) is 0. The molecule has 0 spiro atoms. The van der Waals surface area contributed by atoms with Crippen LogP contribution < -0.4 is 0 Å². The van der Waals surface area contributed by atoms with Gasteiger partial charge in [-0.3, -0.25) is 0 Å². The van der Waals surface area contributed by atoms with E-state index in [1.807, 2.05) is 0 Å². The predicted octanol–water partition coefficient (Wildman–Crippen LogP) is 4.35. The standard InChI is InChI=1S/C14H27N/c1-2-3-4-5-6-7-8-9-12-15-13-10-11-14-15/h9,12H,2-8,10-11,13-14H2,1H3. The topological polar surface area (TPSA) is 3.24 Å². The van der Waals surface area contributed by atoms with Gasteiger partial charge in [0.25, 0.3) is 0 Å². The summed E-state index contributed by atoms with van der Waals surface area (Å²) in [6, 6.07) is 0. The van der Waals surface area contributed by atoms with Gasteiger partial charge in [-0.2, -0.15) is 0 Å². The van der Waals surface area contributed by atoms with Crippen molar-refractivity contribution in [2.45, 2.75) is 64.7 Å². The highest BCUT2D eigenvalue weighted by Crippen LogP contribution is 2.10. The summed E-state index contributed by atoms with van der Waals surface area (Å²) in [5, 5.41) is 0. The molecule has 0 bridgehead atoms. The van der Waals surface area contributed by atoms with Gasteiger partial charge in [0.1, 0.15) is 0 Å². The largest absolute Gasteiger partial charge is 0.378 e. The molecule has 1 aliphatic heterocycles. The first-order valence-corrected chi connectivity index (χ1v) is 6.84. The third-order valence-corrected chi connectivity index (χ3v) is 3.18. The lowest BCUT2D eigenvalue weighted by atomic mass is 10.1. The number of likely N-dealkylation sites (tertiary alicyclic amines) is 1. The van der Waals surface area contributed by atoms with E-state index in [2.05, 4.69) is 24.1 Å². The van der Waals surface area contributed by atoms with E-state index >= 15 is 0 Å². The molecule has 1 fully saturated rings. The third-order valence-electron chi connectivity index (χ3n) is 3.18. The molecule has 0 aromatic carbocycles. The molecule has 0 N–H and O–H groups in total. The minimum absolute atomic E-state index is 1.28. The van der Waals surface area contributed by atoms with Gasteiger partial charge in [0, 0.05) is 13.1 Å². The summed E-state index contributed by atoms with van der Waals surface area (Å²) in [6.45, 7) is 4.85. The Hall–Kier alpha value is -0.460. The van der Waals surface area contributed by atoms with Crippen LogP contribution in [0.25, 0.3) is 0 Å². The van der Waals surface area contributed by atoms with Gasteiger partial charge in [0.2, 0.25) is 0 Å². The van der Waals surface area contributed by atoms with Crippen LogP contribution in [-0.4, -0.2) is 18.0 Å². The van der Waals surface area contributed by atoms with Gasteiger partial charge in [-0.15, -0.1) is 0 Å². The molecule has 0 amide bonds. The Morgan fingerprint density at radius 1 is 0.933 bits per heavy atom. The van der Waals surface area contributed by atoms with Crippen molar-refractivity contribution >= 4 is 0 Å². The van der Waals surface area contributed by atoms with Crippen LogP contribution in [0.3, 0.4) is 0 Å². The summed E-state index contributed by atoms with van der Waals surface area (Å²) in [5.74, 6) is 0. The van der Waals surface area contributed by atoms with Crippen LogP contribution in [0.4, 0.5) is 0 Å². The van der Waals surface area contributed by atoms with E-state index in [1.165, 1.54) is 70.9 Å². The molecule has 0 aromatic rings. The second-order valence-electron chi connectivity index (χ2n) is 4.68. The first kappa shape index (κ1) is 12.6. The molecule has 1 aliphatic rings. The fourth-order valence-electron chi connectivity index (χ4n) is 2.16. The fraction of sp³-hybridized carbons (Fsp3) is 0.857. The van der Waals surface area contributed by atoms with Crippen molar-refractivity contribution in [3.8, 4) is 0 Å². The van der Waals surface area contributed by atoms with Crippen molar-refractivity contribution in [3.05, 3.63) is 12.3 Å². The maximum Gasteiger partial charge on any atom is 0.0173 e. The summed E-state index contributed by atoms with van der Waals surface area (Å²) in [5.41, 5.74) is 0. The van der Waals surface area contributed by atoms with E-state index in [1.54, 1.807) is 0 Å². The number of hydrogen-bond acceptors (Lipinski definition) is 1. The van der Waals surface area contributed by atoms with Crippen molar-refractivity contribution in [3.63, 3.8) is 0 Å². The minimum Gasteiger partial charge on any atom is -0.378 e. The molecule has 15 heavy (non-hydrogen) atoms. The van der Waals surface area contributed by atoms with E-state index in [9.17, 15) is 0 Å². The second kappa shape index (κ2) is 8.82.